The van der Waals surface area contributed by atoms with Crippen LogP contribution >= 0.6 is 11.6 Å². The summed E-state index contributed by atoms with van der Waals surface area (Å²) in [4.78, 5) is 2.35. The van der Waals surface area contributed by atoms with Crippen molar-refractivity contribution in [2.24, 2.45) is 0 Å². The Hall–Kier alpha value is -1.28. The summed E-state index contributed by atoms with van der Waals surface area (Å²) in [7, 11) is 0.0260. The van der Waals surface area contributed by atoms with Crippen molar-refractivity contribution >= 4 is 21.7 Å². The third-order valence-electron chi connectivity index (χ3n) is 7.10. The predicted molar refractivity (Wildman–Crippen MR) is 106 cm³/mol. The van der Waals surface area contributed by atoms with Crippen LogP contribution in [0.1, 0.15) is 24.5 Å². The highest BCUT2D eigenvalue weighted by atomic mass is 35.5. The van der Waals surface area contributed by atoms with Crippen LogP contribution in [0.3, 0.4) is 0 Å². The quantitative estimate of drug-likeness (QED) is 0.420. The Kier molecular flexibility index (Phi) is 3.78. The Morgan fingerprint density at radius 2 is 2.11 bits per heavy atom. The number of nitrogens with zero attached hydrogens (tertiary/aromatic N) is 1. The molecule has 0 radical (unpaired) electrons. The summed E-state index contributed by atoms with van der Waals surface area (Å²) in [5.74, 6) is 1.36. The Morgan fingerprint density at radius 3 is 2.79 bits per heavy atom. The standard InChI is InChI=1S/C20H24ClNO5S/c1-19-18(27-28(4,23)24)13(21)10-12-14-9-11-5-6-15(25-3)17(26-19)16(11)20(12,19)7-8-22(14)2/h5-6,10,13-14,18H,7-9H2,1-4H3/t13-,14-,18-,19-,20-/m1/s1. The van der Waals surface area contributed by atoms with Gasteiger partial charge in [-0.2, -0.15) is 8.42 Å². The number of hydrogen-bond donors (Lipinski definition) is 0. The first-order valence-corrected chi connectivity index (χ1v) is 11.7. The number of hydrogen-bond acceptors (Lipinski definition) is 6. The Balaban J connectivity index is 1.83. The normalized spacial score (nSPS) is 38.5. The highest BCUT2D eigenvalue weighted by molar-refractivity contribution is 7.86. The highest BCUT2D eigenvalue weighted by Gasteiger charge is 2.71. The molecule has 1 aromatic rings. The van der Waals surface area contributed by atoms with Gasteiger partial charge in [-0.1, -0.05) is 12.1 Å². The molecule has 28 heavy (non-hydrogen) atoms. The van der Waals surface area contributed by atoms with Gasteiger partial charge in [0.1, 0.15) is 11.7 Å². The van der Waals surface area contributed by atoms with E-state index in [2.05, 4.69) is 18.0 Å². The van der Waals surface area contributed by atoms with Crippen LogP contribution in [0.25, 0.3) is 0 Å². The highest BCUT2D eigenvalue weighted by Crippen LogP contribution is 2.67. The Bertz CT molecular complexity index is 1010. The molecule has 152 valence electrons. The minimum atomic E-state index is -3.72. The number of alkyl halides is 1. The van der Waals surface area contributed by atoms with Crippen molar-refractivity contribution in [1.82, 2.24) is 4.90 Å². The van der Waals surface area contributed by atoms with Gasteiger partial charge in [0.15, 0.2) is 11.5 Å². The van der Waals surface area contributed by atoms with Gasteiger partial charge < -0.3 is 9.47 Å². The van der Waals surface area contributed by atoms with Gasteiger partial charge in [0.2, 0.25) is 0 Å². The molecule has 6 nitrogen and oxygen atoms in total. The predicted octanol–water partition coefficient (Wildman–Crippen LogP) is 2.24. The second kappa shape index (κ2) is 5.65. The lowest BCUT2D eigenvalue weighted by Crippen LogP contribution is -2.69. The fourth-order valence-electron chi connectivity index (χ4n) is 5.95. The van der Waals surface area contributed by atoms with E-state index in [9.17, 15) is 8.42 Å². The zero-order valence-corrected chi connectivity index (χ0v) is 17.9. The number of rotatable bonds is 3. The van der Waals surface area contributed by atoms with Gasteiger partial charge in [-0.3, -0.25) is 9.08 Å². The molecule has 0 saturated carbocycles. The molecule has 0 unspecified atom stereocenters. The minimum absolute atomic E-state index is 0.212. The molecule has 2 aliphatic carbocycles. The number of ether oxygens (including phenoxy) is 2. The van der Waals surface area contributed by atoms with Crippen LogP contribution in [-0.4, -0.2) is 63.4 Å². The average Bonchev–Trinajstić information content (AvgIpc) is 2.88. The van der Waals surface area contributed by atoms with E-state index in [1.807, 2.05) is 19.1 Å². The zero-order chi connectivity index (χ0) is 20.1. The first-order chi connectivity index (χ1) is 13.1. The van der Waals surface area contributed by atoms with E-state index in [0.29, 0.717) is 11.5 Å². The first kappa shape index (κ1) is 18.7. The van der Waals surface area contributed by atoms with E-state index < -0.39 is 32.6 Å². The van der Waals surface area contributed by atoms with E-state index in [-0.39, 0.29) is 6.04 Å². The number of methoxy groups -OCH3 is 1. The molecule has 2 aliphatic heterocycles. The SMILES string of the molecule is COc1ccc2c3c1O[C@]1(C)[C@H](OS(C)(=O)=O)[C@H](Cl)C=C4[C@@H](C2)N(C)CC[C@@]431. The maximum absolute atomic E-state index is 12.1. The molecule has 0 aromatic heterocycles. The van der Waals surface area contributed by atoms with E-state index in [1.54, 1.807) is 7.11 Å². The van der Waals surface area contributed by atoms with Crippen molar-refractivity contribution in [2.45, 2.75) is 48.3 Å². The number of piperidine rings is 1. The minimum Gasteiger partial charge on any atom is -0.493 e. The van der Waals surface area contributed by atoms with Crippen molar-refractivity contribution in [3.8, 4) is 11.5 Å². The summed E-state index contributed by atoms with van der Waals surface area (Å²) < 4.78 is 41.9. The van der Waals surface area contributed by atoms with Crippen molar-refractivity contribution < 1.29 is 22.1 Å². The maximum Gasteiger partial charge on any atom is 0.264 e. The molecule has 8 heteroatoms. The lowest BCUT2D eigenvalue weighted by Gasteiger charge is -2.59. The zero-order valence-electron chi connectivity index (χ0n) is 16.4. The molecule has 1 aromatic carbocycles. The van der Waals surface area contributed by atoms with Crippen molar-refractivity contribution in [3.63, 3.8) is 0 Å². The van der Waals surface area contributed by atoms with Crippen LogP contribution in [0.15, 0.2) is 23.8 Å². The summed E-state index contributed by atoms with van der Waals surface area (Å²) >= 11 is 6.72. The van der Waals surface area contributed by atoms with E-state index in [1.165, 1.54) is 11.1 Å². The molecular weight excluding hydrogens is 402 g/mol. The fourth-order valence-corrected chi connectivity index (χ4v) is 7.11. The average molecular weight is 426 g/mol. The van der Waals surface area contributed by atoms with Gasteiger partial charge >= 0.3 is 0 Å². The number of likely N-dealkylation sites (N-methyl/N-ethyl adjacent to an activating group) is 1. The van der Waals surface area contributed by atoms with Crippen molar-refractivity contribution in [3.05, 3.63) is 34.9 Å². The number of likely N-dealkylation sites (tertiary alicyclic amines) is 1. The second-order valence-corrected chi connectivity index (χ2v) is 10.6. The molecule has 1 spiro atoms. The van der Waals surface area contributed by atoms with E-state index >= 15 is 0 Å². The molecule has 4 aliphatic rings. The topological polar surface area (TPSA) is 65.1 Å². The lowest BCUT2D eigenvalue weighted by atomic mass is 9.51. The van der Waals surface area contributed by atoms with Crippen molar-refractivity contribution in [1.29, 1.82) is 0 Å². The smallest absolute Gasteiger partial charge is 0.264 e. The van der Waals surface area contributed by atoms with Gasteiger partial charge in [0, 0.05) is 11.6 Å². The third kappa shape index (κ3) is 2.13. The maximum atomic E-state index is 12.1. The molecule has 1 fully saturated rings. The molecule has 5 atom stereocenters. The molecule has 5 rings (SSSR count). The van der Waals surface area contributed by atoms with Crippen LogP contribution in [-0.2, 0) is 26.1 Å². The van der Waals surface area contributed by atoms with E-state index in [0.717, 1.165) is 31.2 Å². The number of halogens is 1. The summed E-state index contributed by atoms with van der Waals surface area (Å²) in [6.07, 6.45) is 3.92. The molecule has 0 amide bonds. The molecule has 2 heterocycles. The summed E-state index contributed by atoms with van der Waals surface area (Å²) in [6, 6.07) is 4.25. The summed E-state index contributed by atoms with van der Waals surface area (Å²) in [5, 5.41) is -0.612. The second-order valence-electron chi connectivity index (χ2n) is 8.48. The largest absolute Gasteiger partial charge is 0.493 e. The van der Waals surface area contributed by atoms with Crippen LogP contribution in [0.4, 0.5) is 0 Å². The first-order valence-electron chi connectivity index (χ1n) is 9.46. The van der Waals surface area contributed by atoms with Crippen LogP contribution < -0.4 is 9.47 Å². The Labute approximate surface area is 170 Å². The number of benzene rings is 1. The van der Waals surface area contributed by atoms with Gasteiger partial charge in [-0.05, 0) is 50.6 Å². The summed E-state index contributed by atoms with van der Waals surface area (Å²) in [5.41, 5.74) is 2.15. The van der Waals surface area contributed by atoms with Crippen LogP contribution in [0.2, 0.25) is 0 Å². The Morgan fingerprint density at radius 1 is 1.36 bits per heavy atom. The van der Waals surface area contributed by atoms with Gasteiger partial charge in [-0.15, -0.1) is 11.6 Å². The van der Waals surface area contributed by atoms with Crippen molar-refractivity contribution in [2.75, 3.05) is 27.0 Å². The lowest BCUT2D eigenvalue weighted by molar-refractivity contribution is -0.0719. The van der Waals surface area contributed by atoms with Gasteiger partial charge in [0.05, 0.1) is 24.2 Å². The molecular formula is C20H24ClNO5S. The molecule has 2 bridgehead atoms. The van der Waals surface area contributed by atoms with E-state index in [4.69, 9.17) is 25.3 Å². The monoisotopic (exact) mass is 425 g/mol. The van der Waals surface area contributed by atoms with Gasteiger partial charge in [0.25, 0.3) is 10.1 Å². The van der Waals surface area contributed by atoms with Crippen LogP contribution in [0, 0.1) is 0 Å². The van der Waals surface area contributed by atoms with Crippen LogP contribution in [0.5, 0.6) is 11.5 Å². The third-order valence-corrected chi connectivity index (χ3v) is 8.01. The molecule has 1 saturated heterocycles. The fraction of sp³-hybridized carbons (Fsp3) is 0.600. The molecule has 0 N–H and O–H groups in total. The summed E-state index contributed by atoms with van der Waals surface area (Å²) in [6.45, 7) is 2.83. The van der Waals surface area contributed by atoms with Gasteiger partial charge in [-0.25, -0.2) is 0 Å².